The molecule has 2 N–H and O–H groups in total. The number of aryl methyl sites for hydroxylation is 1. The van der Waals surface area contributed by atoms with Gasteiger partial charge < -0.3 is 24.7 Å². The van der Waals surface area contributed by atoms with E-state index in [0.29, 0.717) is 30.2 Å². The SMILES string of the molecule is Cc1ccc(C(=O)Nc2cccc(N3CCOCC3)c2)cc1NC(=O)c1ccco1. The number of amides is 2. The lowest BCUT2D eigenvalue weighted by Gasteiger charge is -2.29. The number of carbonyl (C=O) groups excluding carboxylic acids is 2. The van der Waals surface area contributed by atoms with Crippen LogP contribution >= 0.6 is 0 Å². The van der Waals surface area contributed by atoms with Crippen molar-refractivity contribution in [2.45, 2.75) is 6.92 Å². The summed E-state index contributed by atoms with van der Waals surface area (Å²) in [5.74, 6) is -0.398. The second-order valence-corrected chi connectivity index (χ2v) is 7.06. The smallest absolute Gasteiger partial charge is 0.291 e. The van der Waals surface area contributed by atoms with Gasteiger partial charge in [0, 0.05) is 35.7 Å². The van der Waals surface area contributed by atoms with E-state index in [1.165, 1.54) is 6.26 Å². The molecule has 154 valence electrons. The summed E-state index contributed by atoms with van der Waals surface area (Å²) in [5, 5.41) is 5.73. The van der Waals surface area contributed by atoms with Crippen molar-refractivity contribution in [2.24, 2.45) is 0 Å². The molecule has 1 fully saturated rings. The zero-order valence-corrected chi connectivity index (χ0v) is 16.7. The van der Waals surface area contributed by atoms with Gasteiger partial charge in [-0.05, 0) is 55.0 Å². The van der Waals surface area contributed by atoms with Crippen LogP contribution in [0, 0.1) is 6.92 Å². The molecule has 1 aliphatic heterocycles. The Morgan fingerprint density at radius 1 is 0.933 bits per heavy atom. The number of ether oxygens (including phenoxy) is 1. The van der Waals surface area contributed by atoms with Crippen LogP contribution in [-0.2, 0) is 4.74 Å². The first-order valence-electron chi connectivity index (χ1n) is 9.80. The van der Waals surface area contributed by atoms with Gasteiger partial charge in [0.05, 0.1) is 19.5 Å². The summed E-state index contributed by atoms with van der Waals surface area (Å²) in [5.41, 5.74) is 3.62. The van der Waals surface area contributed by atoms with E-state index in [0.717, 1.165) is 24.3 Å². The van der Waals surface area contributed by atoms with E-state index >= 15 is 0 Å². The van der Waals surface area contributed by atoms with E-state index in [-0.39, 0.29) is 17.6 Å². The van der Waals surface area contributed by atoms with Crippen molar-refractivity contribution in [3.63, 3.8) is 0 Å². The maximum absolute atomic E-state index is 12.8. The second kappa shape index (κ2) is 8.84. The number of anilines is 3. The van der Waals surface area contributed by atoms with Crippen LogP contribution in [0.5, 0.6) is 0 Å². The molecule has 7 nitrogen and oxygen atoms in total. The summed E-state index contributed by atoms with van der Waals surface area (Å²) in [4.78, 5) is 27.3. The molecule has 0 bridgehead atoms. The number of hydrogen-bond donors (Lipinski definition) is 2. The number of benzene rings is 2. The number of rotatable bonds is 5. The fourth-order valence-electron chi connectivity index (χ4n) is 3.29. The first kappa shape index (κ1) is 19.7. The molecule has 2 amide bonds. The lowest BCUT2D eigenvalue weighted by molar-refractivity contribution is 0.0993. The predicted molar refractivity (Wildman–Crippen MR) is 115 cm³/mol. The minimum Gasteiger partial charge on any atom is -0.459 e. The third-order valence-electron chi connectivity index (χ3n) is 4.97. The molecule has 0 spiro atoms. The number of nitrogens with one attached hydrogen (secondary N) is 2. The average Bonchev–Trinajstić information content (AvgIpc) is 3.31. The summed E-state index contributed by atoms with van der Waals surface area (Å²) in [7, 11) is 0. The molecule has 0 saturated carbocycles. The highest BCUT2D eigenvalue weighted by Crippen LogP contribution is 2.23. The standard InChI is InChI=1S/C23H23N3O4/c1-16-7-8-17(14-20(16)25-23(28)21-6-3-11-30-21)22(27)24-18-4-2-5-19(15-18)26-9-12-29-13-10-26/h2-8,11,14-15H,9-10,12-13H2,1H3,(H,24,27)(H,25,28). The molecular formula is C23H23N3O4. The minimum atomic E-state index is -0.362. The van der Waals surface area contributed by atoms with Gasteiger partial charge in [0.15, 0.2) is 5.76 Å². The molecule has 1 aromatic heterocycles. The molecule has 2 aromatic carbocycles. The van der Waals surface area contributed by atoms with Crippen molar-refractivity contribution in [3.8, 4) is 0 Å². The van der Waals surface area contributed by atoms with Gasteiger partial charge in [0.1, 0.15) is 0 Å². The third-order valence-corrected chi connectivity index (χ3v) is 4.97. The van der Waals surface area contributed by atoms with Crippen molar-refractivity contribution < 1.29 is 18.7 Å². The van der Waals surface area contributed by atoms with Crippen molar-refractivity contribution in [3.05, 3.63) is 77.7 Å². The molecule has 3 aromatic rings. The van der Waals surface area contributed by atoms with Crippen molar-refractivity contribution >= 4 is 28.9 Å². The molecule has 30 heavy (non-hydrogen) atoms. The highest BCUT2D eigenvalue weighted by atomic mass is 16.5. The Morgan fingerprint density at radius 3 is 2.53 bits per heavy atom. The molecule has 7 heteroatoms. The first-order chi connectivity index (χ1) is 14.6. The molecule has 1 saturated heterocycles. The lowest BCUT2D eigenvalue weighted by Crippen LogP contribution is -2.36. The van der Waals surface area contributed by atoms with Crippen LogP contribution in [0.25, 0.3) is 0 Å². The van der Waals surface area contributed by atoms with Crippen LogP contribution in [0.3, 0.4) is 0 Å². The summed E-state index contributed by atoms with van der Waals surface area (Å²) >= 11 is 0. The van der Waals surface area contributed by atoms with Crippen molar-refractivity contribution in [2.75, 3.05) is 41.8 Å². The van der Waals surface area contributed by atoms with E-state index in [9.17, 15) is 9.59 Å². The number of carbonyl (C=O) groups is 2. The van der Waals surface area contributed by atoms with Crippen LogP contribution in [0.4, 0.5) is 17.1 Å². The van der Waals surface area contributed by atoms with Gasteiger partial charge in [-0.25, -0.2) is 0 Å². The second-order valence-electron chi connectivity index (χ2n) is 7.06. The van der Waals surface area contributed by atoms with E-state index in [1.807, 2.05) is 31.2 Å². The Balaban J connectivity index is 1.48. The topological polar surface area (TPSA) is 83.8 Å². The summed E-state index contributed by atoms with van der Waals surface area (Å²) in [6.07, 6.45) is 1.44. The van der Waals surface area contributed by atoms with Gasteiger partial charge in [-0.2, -0.15) is 0 Å². The van der Waals surface area contributed by atoms with Gasteiger partial charge in [-0.1, -0.05) is 12.1 Å². The van der Waals surface area contributed by atoms with Crippen LogP contribution in [0.2, 0.25) is 0 Å². The molecule has 0 atom stereocenters. The van der Waals surface area contributed by atoms with E-state index in [4.69, 9.17) is 9.15 Å². The van der Waals surface area contributed by atoms with Crippen LogP contribution < -0.4 is 15.5 Å². The van der Waals surface area contributed by atoms with Crippen molar-refractivity contribution in [1.29, 1.82) is 0 Å². The first-order valence-corrected chi connectivity index (χ1v) is 9.80. The normalized spacial score (nSPS) is 13.7. The van der Waals surface area contributed by atoms with Crippen LogP contribution in [0.15, 0.2) is 65.3 Å². The monoisotopic (exact) mass is 405 g/mol. The van der Waals surface area contributed by atoms with Gasteiger partial charge in [-0.3, -0.25) is 9.59 Å². The highest BCUT2D eigenvalue weighted by molar-refractivity contribution is 6.07. The Bertz CT molecular complexity index is 1040. The number of furan rings is 1. The molecule has 4 rings (SSSR count). The van der Waals surface area contributed by atoms with Gasteiger partial charge in [-0.15, -0.1) is 0 Å². The summed E-state index contributed by atoms with van der Waals surface area (Å²) in [6, 6.07) is 16.2. The number of nitrogens with zero attached hydrogens (tertiary/aromatic N) is 1. The van der Waals surface area contributed by atoms with E-state index in [2.05, 4.69) is 15.5 Å². The quantitative estimate of drug-likeness (QED) is 0.672. The Hall–Kier alpha value is -3.58. The zero-order chi connectivity index (χ0) is 20.9. The van der Waals surface area contributed by atoms with Crippen molar-refractivity contribution in [1.82, 2.24) is 0 Å². The Morgan fingerprint density at radius 2 is 1.77 bits per heavy atom. The molecule has 0 unspecified atom stereocenters. The maximum atomic E-state index is 12.8. The predicted octanol–water partition coefficient (Wildman–Crippen LogP) is 3.93. The molecular weight excluding hydrogens is 382 g/mol. The number of morpholine rings is 1. The highest BCUT2D eigenvalue weighted by Gasteiger charge is 2.15. The minimum absolute atomic E-state index is 0.212. The average molecular weight is 405 g/mol. The molecule has 2 heterocycles. The van der Waals surface area contributed by atoms with Crippen LogP contribution in [0.1, 0.15) is 26.5 Å². The van der Waals surface area contributed by atoms with E-state index < -0.39 is 0 Å². The Labute approximate surface area is 174 Å². The third kappa shape index (κ3) is 4.52. The summed E-state index contributed by atoms with van der Waals surface area (Å²) in [6.45, 7) is 4.92. The van der Waals surface area contributed by atoms with Gasteiger partial charge >= 0.3 is 0 Å². The fourth-order valence-corrected chi connectivity index (χ4v) is 3.29. The van der Waals surface area contributed by atoms with Gasteiger partial charge in [0.25, 0.3) is 11.8 Å². The largest absolute Gasteiger partial charge is 0.459 e. The van der Waals surface area contributed by atoms with Crippen LogP contribution in [-0.4, -0.2) is 38.1 Å². The molecule has 1 aliphatic rings. The molecule has 0 radical (unpaired) electrons. The lowest BCUT2D eigenvalue weighted by atomic mass is 10.1. The van der Waals surface area contributed by atoms with E-state index in [1.54, 1.807) is 30.3 Å². The zero-order valence-electron chi connectivity index (χ0n) is 16.7. The summed E-state index contributed by atoms with van der Waals surface area (Å²) < 4.78 is 10.5. The number of hydrogen-bond acceptors (Lipinski definition) is 5. The fraction of sp³-hybridized carbons (Fsp3) is 0.217. The maximum Gasteiger partial charge on any atom is 0.291 e. The molecule has 0 aliphatic carbocycles. The van der Waals surface area contributed by atoms with Gasteiger partial charge in [0.2, 0.25) is 0 Å². The Kier molecular flexibility index (Phi) is 5.81.